The Morgan fingerprint density at radius 2 is 2.00 bits per heavy atom. The molecule has 0 saturated carbocycles. The van der Waals surface area contributed by atoms with Crippen molar-refractivity contribution in [3.05, 3.63) is 34.4 Å². The zero-order valence-electron chi connectivity index (χ0n) is 13.9. The van der Waals surface area contributed by atoms with Crippen LogP contribution in [0.2, 0.25) is 0 Å². The van der Waals surface area contributed by atoms with Crippen LogP contribution in [0.1, 0.15) is 48.1 Å². The monoisotopic (exact) mass is 291 g/mol. The highest BCUT2D eigenvalue weighted by Crippen LogP contribution is 2.24. The van der Waals surface area contributed by atoms with E-state index in [1.165, 1.54) is 28.7 Å². The number of likely N-dealkylation sites (N-methyl/N-ethyl adjacent to an activating group) is 1. The highest BCUT2D eigenvalue weighted by Gasteiger charge is 2.19. The Bertz CT molecular complexity index is 430. The first-order valence-corrected chi connectivity index (χ1v) is 8.12. The number of ether oxygens (including phenoxy) is 2. The van der Waals surface area contributed by atoms with Crippen LogP contribution in [-0.2, 0) is 9.47 Å². The van der Waals surface area contributed by atoms with Gasteiger partial charge in [0.25, 0.3) is 0 Å². The fourth-order valence-electron chi connectivity index (χ4n) is 3.32. The zero-order chi connectivity index (χ0) is 15.2. The summed E-state index contributed by atoms with van der Waals surface area (Å²) >= 11 is 0. The third-order valence-corrected chi connectivity index (χ3v) is 4.15. The molecule has 1 fully saturated rings. The zero-order valence-corrected chi connectivity index (χ0v) is 13.9. The lowest BCUT2D eigenvalue weighted by atomic mass is 9.94. The van der Waals surface area contributed by atoms with E-state index in [2.05, 4.69) is 45.1 Å². The van der Waals surface area contributed by atoms with Gasteiger partial charge in [-0.1, -0.05) is 24.6 Å². The summed E-state index contributed by atoms with van der Waals surface area (Å²) in [5, 5.41) is 3.56. The van der Waals surface area contributed by atoms with Crippen LogP contribution in [-0.4, -0.2) is 32.5 Å². The molecule has 118 valence electrons. The molecule has 21 heavy (non-hydrogen) atoms. The first-order chi connectivity index (χ1) is 10.1. The third-order valence-electron chi connectivity index (χ3n) is 4.15. The van der Waals surface area contributed by atoms with E-state index in [1.807, 2.05) is 0 Å². The van der Waals surface area contributed by atoms with Gasteiger partial charge in [0.15, 0.2) is 0 Å². The van der Waals surface area contributed by atoms with Gasteiger partial charge < -0.3 is 14.8 Å². The van der Waals surface area contributed by atoms with Gasteiger partial charge in [0.2, 0.25) is 0 Å². The quantitative estimate of drug-likeness (QED) is 0.834. The lowest BCUT2D eigenvalue weighted by Gasteiger charge is -2.23. The molecular weight excluding hydrogens is 262 g/mol. The molecular formula is C18H29NO2. The fourth-order valence-corrected chi connectivity index (χ4v) is 3.32. The first kappa shape index (κ1) is 16.5. The minimum Gasteiger partial charge on any atom is -0.377 e. The number of aryl methyl sites for hydroxylation is 3. The van der Waals surface area contributed by atoms with Crippen molar-refractivity contribution in [2.45, 2.75) is 52.7 Å². The summed E-state index contributed by atoms with van der Waals surface area (Å²) in [6.45, 7) is 11.9. The average Bonchev–Trinajstić information content (AvgIpc) is 2.90. The lowest BCUT2D eigenvalue weighted by molar-refractivity contribution is 0.00999. The van der Waals surface area contributed by atoms with E-state index >= 15 is 0 Å². The van der Waals surface area contributed by atoms with Gasteiger partial charge in [-0.15, -0.1) is 0 Å². The summed E-state index contributed by atoms with van der Waals surface area (Å²) in [6.07, 6.45) is 2.60. The molecule has 0 amide bonds. The van der Waals surface area contributed by atoms with E-state index in [1.54, 1.807) is 0 Å². The number of hydrogen-bond acceptors (Lipinski definition) is 3. The van der Waals surface area contributed by atoms with Crippen molar-refractivity contribution in [2.24, 2.45) is 0 Å². The van der Waals surface area contributed by atoms with Crippen molar-refractivity contribution in [2.75, 3.05) is 26.4 Å². The van der Waals surface area contributed by atoms with Gasteiger partial charge in [0.1, 0.15) is 0 Å². The van der Waals surface area contributed by atoms with Gasteiger partial charge in [-0.3, -0.25) is 0 Å². The summed E-state index contributed by atoms with van der Waals surface area (Å²) in [6, 6.07) is 4.77. The maximum atomic E-state index is 5.94. The average molecular weight is 291 g/mol. The Hall–Kier alpha value is -0.900. The normalized spacial score (nSPS) is 19.9. The molecule has 1 N–H and O–H groups in total. The molecule has 1 aliphatic rings. The van der Waals surface area contributed by atoms with Crippen LogP contribution in [0.25, 0.3) is 0 Å². The number of rotatable bonds is 7. The van der Waals surface area contributed by atoms with Gasteiger partial charge in [-0.2, -0.15) is 0 Å². The minimum absolute atomic E-state index is 0.261. The summed E-state index contributed by atoms with van der Waals surface area (Å²) in [5.41, 5.74) is 5.40. The fraction of sp³-hybridized carbons (Fsp3) is 0.667. The standard InChI is InChI=1S/C18H29NO2/c1-5-19-17(12-20-11-16-7-6-8-21-16)18-14(3)9-13(2)10-15(18)4/h9-10,16-17,19H,5-8,11-12H2,1-4H3. The molecule has 0 spiro atoms. The highest BCUT2D eigenvalue weighted by molar-refractivity contribution is 5.39. The molecule has 1 saturated heterocycles. The molecule has 1 aromatic rings. The van der Waals surface area contributed by atoms with Crippen LogP contribution in [0.4, 0.5) is 0 Å². The molecule has 1 heterocycles. The van der Waals surface area contributed by atoms with Gasteiger partial charge in [-0.05, 0) is 56.8 Å². The van der Waals surface area contributed by atoms with Crippen LogP contribution < -0.4 is 5.32 Å². The van der Waals surface area contributed by atoms with Crippen molar-refractivity contribution >= 4 is 0 Å². The summed E-state index contributed by atoms with van der Waals surface area (Å²) in [7, 11) is 0. The number of nitrogens with one attached hydrogen (secondary N) is 1. The van der Waals surface area contributed by atoms with Gasteiger partial charge in [-0.25, -0.2) is 0 Å². The molecule has 0 bridgehead atoms. The van der Waals surface area contributed by atoms with E-state index < -0.39 is 0 Å². The maximum Gasteiger partial charge on any atom is 0.0809 e. The highest BCUT2D eigenvalue weighted by atomic mass is 16.5. The SMILES string of the molecule is CCNC(COCC1CCCO1)c1c(C)cc(C)cc1C. The largest absolute Gasteiger partial charge is 0.377 e. The molecule has 3 heteroatoms. The van der Waals surface area contributed by atoms with Crippen molar-refractivity contribution in [3.63, 3.8) is 0 Å². The molecule has 2 rings (SSSR count). The van der Waals surface area contributed by atoms with Crippen molar-refractivity contribution in [3.8, 4) is 0 Å². The van der Waals surface area contributed by atoms with Gasteiger partial charge in [0, 0.05) is 6.61 Å². The number of hydrogen-bond donors (Lipinski definition) is 1. The van der Waals surface area contributed by atoms with Crippen LogP contribution in [0, 0.1) is 20.8 Å². The maximum absolute atomic E-state index is 5.94. The van der Waals surface area contributed by atoms with Crippen LogP contribution in [0.5, 0.6) is 0 Å². The second-order valence-electron chi connectivity index (χ2n) is 6.10. The van der Waals surface area contributed by atoms with Gasteiger partial charge >= 0.3 is 0 Å². The second kappa shape index (κ2) is 7.92. The van der Waals surface area contributed by atoms with Crippen molar-refractivity contribution in [1.29, 1.82) is 0 Å². The summed E-state index contributed by atoms with van der Waals surface area (Å²) < 4.78 is 11.6. The Balaban J connectivity index is 2.00. The minimum atomic E-state index is 0.261. The lowest BCUT2D eigenvalue weighted by Crippen LogP contribution is -2.28. The van der Waals surface area contributed by atoms with Crippen LogP contribution in [0.3, 0.4) is 0 Å². The molecule has 0 radical (unpaired) electrons. The number of benzene rings is 1. The Labute approximate surface area is 129 Å². The first-order valence-electron chi connectivity index (χ1n) is 8.12. The van der Waals surface area contributed by atoms with Gasteiger partial charge in [0.05, 0.1) is 25.4 Å². The summed E-state index contributed by atoms with van der Waals surface area (Å²) in [4.78, 5) is 0. The Morgan fingerprint density at radius 3 is 2.57 bits per heavy atom. The smallest absolute Gasteiger partial charge is 0.0809 e. The third kappa shape index (κ3) is 4.53. The molecule has 2 unspecified atom stereocenters. The van der Waals surface area contributed by atoms with Crippen LogP contribution in [0.15, 0.2) is 12.1 Å². The van der Waals surface area contributed by atoms with E-state index in [4.69, 9.17) is 9.47 Å². The van der Waals surface area contributed by atoms with E-state index in [9.17, 15) is 0 Å². The Morgan fingerprint density at radius 1 is 1.29 bits per heavy atom. The van der Waals surface area contributed by atoms with Crippen molar-refractivity contribution in [1.82, 2.24) is 5.32 Å². The molecule has 1 aliphatic heterocycles. The van der Waals surface area contributed by atoms with Crippen LogP contribution >= 0.6 is 0 Å². The molecule has 3 nitrogen and oxygen atoms in total. The molecule has 0 aromatic heterocycles. The van der Waals surface area contributed by atoms with Crippen molar-refractivity contribution < 1.29 is 9.47 Å². The second-order valence-corrected chi connectivity index (χ2v) is 6.10. The van der Waals surface area contributed by atoms with E-state index in [0.717, 1.165) is 19.6 Å². The van der Waals surface area contributed by atoms with E-state index in [0.29, 0.717) is 19.3 Å². The predicted molar refractivity (Wildman–Crippen MR) is 86.9 cm³/mol. The predicted octanol–water partition coefficient (Wildman–Crippen LogP) is 3.46. The summed E-state index contributed by atoms with van der Waals surface area (Å²) in [5.74, 6) is 0. The molecule has 0 aliphatic carbocycles. The Kier molecular flexibility index (Phi) is 6.22. The van der Waals surface area contributed by atoms with E-state index in [-0.39, 0.29) is 6.04 Å². The molecule has 2 atom stereocenters. The molecule has 1 aromatic carbocycles. The topological polar surface area (TPSA) is 30.5 Å².